The molecule has 0 saturated carbocycles. The van der Waals surface area contributed by atoms with E-state index in [-0.39, 0.29) is 24.8 Å². The molecular weight excluding hydrogens is 236 g/mol. The minimum absolute atomic E-state index is 0.104. The Kier molecular flexibility index (Phi) is 5.69. The summed E-state index contributed by atoms with van der Waals surface area (Å²) in [5.74, 6) is -0.947. The van der Waals surface area contributed by atoms with Gasteiger partial charge in [-0.1, -0.05) is 6.92 Å². The van der Waals surface area contributed by atoms with Crippen molar-refractivity contribution in [1.82, 2.24) is 10.6 Å². The summed E-state index contributed by atoms with van der Waals surface area (Å²) in [5.41, 5.74) is 0. The summed E-state index contributed by atoms with van der Waals surface area (Å²) in [7, 11) is 0. The predicted octanol–water partition coefficient (Wildman–Crippen LogP) is -0.0639. The second-order valence-electron chi connectivity index (χ2n) is 3.75. The van der Waals surface area contributed by atoms with E-state index in [0.29, 0.717) is 6.54 Å². The second kappa shape index (κ2) is 7.31. The van der Waals surface area contributed by atoms with E-state index in [4.69, 9.17) is 0 Å². The Balaban J connectivity index is 2.21. The summed E-state index contributed by atoms with van der Waals surface area (Å²) in [4.78, 5) is 33.5. The molecule has 0 aromatic carbocycles. The van der Waals surface area contributed by atoms with E-state index >= 15 is 0 Å². The molecule has 1 atom stereocenters. The lowest BCUT2D eigenvalue weighted by Crippen LogP contribution is -2.36. The quantitative estimate of drug-likeness (QED) is 0.692. The SMILES string of the molecule is CCCNC(=O)CCNC(=O)C1C=CC(=O)N=N1. The minimum Gasteiger partial charge on any atom is -0.356 e. The van der Waals surface area contributed by atoms with E-state index in [0.717, 1.165) is 6.42 Å². The van der Waals surface area contributed by atoms with Gasteiger partial charge in [-0.3, -0.25) is 14.4 Å². The molecule has 0 aromatic rings. The van der Waals surface area contributed by atoms with Crippen LogP contribution in [0.5, 0.6) is 0 Å². The van der Waals surface area contributed by atoms with Crippen LogP contribution >= 0.6 is 0 Å². The highest BCUT2D eigenvalue weighted by Gasteiger charge is 2.17. The molecule has 7 nitrogen and oxygen atoms in total. The molecule has 7 heteroatoms. The molecule has 0 spiro atoms. The monoisotopic (exact) mass is 252 g/mol. The van der Waals surface area contributed by atoms with Crippen molar-refractivity contribution in [2.24, 2.45) is 10.2 Å². The van der Waals surface area contributed by atoms with Gasteiger partial charge in [0.2, 0.25) is 5.91 Å². The van der Waals surface area contributed by atoms with Crippen LogP contribution < -0.4 is 10.6 Å². The van der Waals surface area contributed by atoms with Crippen molar-refractivity contribution in [3.63, 3.8) is 0 Å². The number of rotatable bonds is 6. The lowest BCUT2D eigenvalue weighted by Gasteiger charge is -2.09. The Bertz CT molecular complexity index is 374. The van der Waals surface area contributed by atoms with Crippen molar-refractivity contribution in [2.45, 2.75) is 25.8 Å². The molecular formula is C11H16N4O3. The topological polar surface area (TPSA) is 100.0 Å². The van der Waals surface area contributed by atoms with E-state index in [9.17, 15) is 14.4 Å². The van der Waals surface area contributed by atoms with Crippen LogP contribution in [0.4, 0.5) is 0 Å². The van der Waals surface area contributed by atoms with Crippen molar-refractivity contribution in [3.8, 4) is 0 Å². The molecule has 3 amide bonds. The Hall–Kier alpha value is -2.05. The fourth-order valence-corrected chi connectivity index (χ4v) is 1.26. The zero-order chi connectivity index (χ0) is 13.4. The van der Waals surface area contributed by atoms with Crippen LogP contribution in [0.15, 0.2) is 22.4 Å². The van der Waals surface area contributed by atoms with Crippen molar-refractivity contribution >= 4 is 17.7 Å². The first-order chi connectivity index (χ1) is 8.63. The van der Waals surface area contributed by atoms with Crippen LogP contribution in [-0.2, 0) is 14.4 Å². The molecule has 1 unspecified atom stereocenters. The minimum atomic E-state index is -0.776. The van der Waals surface area contributed by atoms with E-state index < -0.39 is 11.9 Å². The highest BCUT2D eigenvalue weighted by molar-refractivity contribution is 5.92. The fraction of sp³-hybridized carbons (Fsp3) is 0.545. The molecule has 0 bridgehead atoms. The molecule has 18 heavy (non-hydrogen) atoms. The number of nitrogens with one attached hydrogen (secondary N) is 2. The molecule has 98 valence electrons. The number of carbonyl (C=O) groups excluding carboxylic acids is 3. The van der Waals surface area contributed by atoms with E-state index in [1.165, 1.54) is 12.2 Å². The lowest BCUT2D eigenvalue weighted by molar-refractivity contribution is -0.122. The molecule has 0 fully saturated rings. The van der Waals surface area contributed by atoms with E-state index in [1.54, 1.807) is 0 Å². The number of hydrogen-bond donors (Lipinski definition) is 2. The van der Waals surface area contributed by atoms with Gasteiger partial charge in [-0.2, -0.15) is 5.11 Å². The molecule has 0 aromatic heterocycles. The van der Waals surface area contributed by atoms with Gasteiger partial charge in [-0.25, -0.2) is 0 Å². The van der Waals surface area contributed by atoms with Crippen molar-refractivity contribution in [1.29, 1.82) is 0 Å². The van der Waals surface area contributed by atoms with Crippen LogP contribution in [-0.4, -0.2) is 36.9 Å². The first-order valence-corrected chi connectivity index (χ1v) is 5.81. The highest BCUT2D eigenvalue weighted by Crippen LogP contribution is 2.02. The summed E-state index contributed by atoms with van der Waals surface area (Å²) in [6, 6.07) is -0.776. The predicted molar refractivity (Wildman–Crippen MR) is 63.7 cm³/mol. The van der Waals surface area contributed by atoms with Gasteiger partial charge in [0.05, 0.1) is 0 Å². The number of carbonyl (C=O) groups is 3. The zero-order valence-electron chi connectivity index (χ0n) is 10.2. The molecule has 0 radical (unpaired) electrons. The molecule has 0 saturated heterocycles. The number of azo groups is 1. The summed E-state index contributed by atoms with van der Waals surface area (Å²) >= 11 is 0. The Labute approximate surface area is 105 Å². The summed E-state index contributed by atoms with van der Waals surface area (Å²) < 4.78 is 0. The molecule has 2 N–H and O–H groups in total. The van der Waals surface area contributed by atoms with Crippen LogP contribution in [0.3, 0.4) is 0 Å². The molecule has 1 rings (SSSR count). The Morgan fingerprint density at radius 1 is 1.33 bits per heavy atom. The molecule has 0 aliphatic carbocycles. The number of amides is 3. The molecule has 1 aliphatic rings. The number of hydrogen-bond acceptors (Lipinski definition) is 4. The molecule has 1 aliphatic heterocycles. The van der Waals surface area contributed by atoms with Crippen molar-refractivity contribution in [2.75, 3.05) is 13.1 Å². The Morgan fingerprint density at radius 3 is 2.72 bits per heavy atom. The van der Waals surface area contributed by atoms with Gasteiger partial charge in [-0.15, -0.1) is 5.11 Å². The van der Waals surface area contributed by atoms with Crippen LogP contribution in [0.25, 0.3) is 0 Å². The average Bonchev–Trinajstić information content (AvgIpc) is 2.37. The van der Waals surface area contributed by atoms with E-state index in [1.807, 2.05) is 6.92 Å². The number of nitrogens with zero attached hydrogens (tertiary/aromatic N) is 2. The lowest BCUT2D eigenvalue weighted by atomic mass is 10.2. The maximum atomic E-state index is 11.5. The standard InChI is InChI=1S/C11H16N4O3/c1-2-6-12-9(16)5-7-13-11(18)8-3-4-10(17)15-14-8/h3-4,8H,2,5-7H2,1H3,(H,12,16)(H,13,18). The highest BCUT2D eigenvalue weighted by atomic mass is 16.2. The van der Waals surface area contributed by atoms with Crippen molar-refractivity contribution in [3.05, 3.63) is 12.2 Å². The first-order valence-electron chi connectivity index (χ1n) is 5.81. The first kappa shape index (κ1) is 14.0. The summed E-state index contributed by atoms with van der Waals surface area (Å²) in [6.45, 7) is 2.83. The zero-order valence-corrected chi connectivity index (χ0v) is 10.2. The van der Waals surface area contributed by atoms with Crippen molar-refractivity contribution < 1.29 is 14.4 Å². The van der Waals surface area contributed by atoms with E-state index in [2.05, 4.69) is 20.9 Å². The summed E-state index contributed by atoms with van der Waals surface area (Å²) in [6.07, 6.45) is 3.67. The maximum absolute atomic E-state index is 11.5. The van der Waals surface area contributed by atoms with Gasteiger partial charge in [0.1, 0.15) is 0 Å². The van der Waals surface area contributed by atoms with Gasteiger partial charge in [0.25, 0.3) is 11.8 Å². The average molecular weight is 252 g/mol. The maximum Gasteiger partial charge on any atom is 0.287 e. The smallest absolute Gasteiger partial charge is 0.287 e. The normalized spacial score (nSPS) is 17.6. The Morgan fingerprint density at radius 2 is 2.11 bits per heavy atom. The third-order valence-electron chi connectivity index (χ3n) is 2.19. The largest absolute Gasteiger partial charge is 0.356 e. The van der Waals surface area contributed by atoms with Gasteiger partial charge in [0, 0.05) is 25.6 Å². The van der Waals surface area contributed by atoms with Gasteiger partial charge >= 0.3 is 0 Å². The molecule has 1 heterocycles. The summed E-state index contributed by atoms with van der Waals surface area (Å²) in [5, 5.41) is 12.1. The fourth-order valence-electron chi connectivity index (χ4n) is 1.26. The third kappa shape index (κ3) is 4.86. The van der Waals surface area contributed by atoms with Crippen LogP contribution in [0.1, 0.15) is 19.8 Å². The van der Waals surface area contributed by atoms with Gasteiger partial charge in [-0.05, 0) is 12.5 Å². The second-order valence-corrected chi connectivity index (χ2v) is 3.75. The van der Waals surface area contributed by atoms with Crippen LogP contribution in [0.2, 0.25) is 0 Å². The van der Waals surface area contributed by atoms with Crippen LogP contribution in [0, 0.1) is 0 Å². The third-order valence-corrected chi connectivity index (χ3v) is 2.19. The van der Waals surface area contributed by atoms with Gasteiger partial charge in [0.15, 0.2) is 6.04 Å². The van der Waals surface area contributed by atoms with Gasteiger partial charge < -0.3 is 10.6 Å².